The molecule has 4 nitrogen and oxygen atoms in total. The molecule has 0 aliphatic heterocycles. The van der Waals surface area contributed by atoms with Crippen LogP contribution in [0.25, 0.3) is 0 Å². The number of aromatic nitrogens is 1. The first-order chi connectivity index (χ1) is 8.47. The predicted molar refractivity (Wildman–Crippen MR) is 71.0 cm³/mol. The second kappa shape index (κ2) is 6.38. The molecule has 1 heterocycles. The Bertz CT molecular complexity index is 474. The molecule has 0 fully saturated rings. The van der Waals surface area contributed by atoms with Crippen molar-refractivity contribution in [3.63, 3.8) is 0 Å². The summed E-state index contributed by atoms with van der Waals surface area (Å²) >= 11 is 0. The van der Waals surface area contributed by atoms with E-state index in [2.05, 4.69) is 13.8 Å². The van der Waals surface area contributed by atoms with Crippen LogP contribution in [-0.4, -0.2) is 15.6 Å². The highest BCUT2D eigenvalue weighted by molar-refractivity contribution is 5.67. The minimum absolute atomic E-state index is 0.00237. The molecule has 0 aromatic carbocycles. The number of nitrogens with zero attached hydrogens (tertiary/aromatic N) is 1. The van der Waals surface area contributed by atoms with Gasteiger partial charge in [-0.05, 0) is 24.8 Å². The second-order valence-electron chi connectivity index (χ2n) is 4.79. The molecule has 0 saturated heterocycles. The van der Waals surface area contributed by atoms with E-state index < -0.39 is 5.97 Å². The lowest BCUT2D eigenvalue weighted by molar-refractivity contribution is -0.136. The Morgan fingerprint density at radius 3 is 2.56 bits per heavy atom. The van der Waals surface area contributed by atoms with Gasteiger partial charge < -0.3 is 9.67 Å². The summed E-state index contributed by atoms with van der Waals surface area (Å²) in [6, 6.07) is 3.71. The fourth-order valence-corrected chi connectivity index (χ4v) is 2.03. The highest BCUT2D eigenvalue weighted by Crippen LogP contribution is 2.14. The molecular formula is C14H21NO3. The van der Waals surface area contributed by atoms with Gasteiger partial charge in [-0.3, -0.25) is 9.59 Å². The molecule has 100 valence electrons. The molecule has 0 atom stereocenters. The van der Waals surface area contributed by atoms with E-state index in [0.29, 0.717) is 18.5 Å². The van der Waals surface area contributed by atoms with Gasteiger partial charge in [-0.25, -0.2) is 0 Å². The molecular weight excluding hydrogens is 230 g/mol. The standard InChI is InChI=1S/C14H21NO3/c1-4-9-15-12(10(2)3)7-5-11(14(15)18)6-8-13(16)17/h5,7,10H,4,6,8-9H2,1-3H3,(H,16,17). The van der Waals surface area contributed by atoms with Crippen LogP contribution in [0.5, 0.6) is 0 Å². The number of aliphatic carboxylic acids is 1. The largest absolute Gasteiger partial charge is 0.481 e. The van der Waals surface area contributed by atoms with Gasteiger partial charge in [0.25, 0.3) is 5.56 Å². The molecule has 1 aromatic heterocycles. The van der Waals surface area contributed by atoms with Crippen LogP contribution in [0.2, 0.25) is 0 Å². The quantitative estimate of drug-likeness (QED) is 0.844. The molecule has 0 aliphatic carbocycles. The van der Waals surface area contributed by atoms with Crippen LogP contribution in [0, 0.1) is 0 Å². The van der Waals surface area contributed by atoms with Crippen LogP contribution >= 0.6 is 0 Å². The van der Waals surface area contributed by atoms with Crippen molar-refractivity contribution >= 4 is 5.97 Å². The van der Waals surface area contributed by atoms with Crippen molar-refractivity contribution < 1.29 is 9.90 Å². The molecule has 0 bridgehead atoms. The molecule has 1 rings (SSSR count). The van der Waals surface area contributed by atoms with E-state index in [1.165, 1.54) is 0 Å². The zero-order valence-corrected chi connectivity index (χ0v) is 11.3. The molecule has 0 amide bonds. The van der Waals surface area contributed by atoms with Crippen LogP contribution in [0.1, 0.15) is 50.8 Å². The monoisotopic (exact) mass is 251 g/mol. The van der Waals surface area contributed by atoms with Crippen molar-refractivity contribution in [3.8, 4) is 0 Å². The number of pyridine rings is 1. The minimum Gasteiger partial charge on any atom is -0.481 e. The van der Waals surface area contributed by atoms with Gasteiger partial charge in [-0.2, -0.15) is 0 Å². The van der Waals surface area contributed by atoms with Gasteiger partial charge in [0.05, 0.1) is 0 Å². The van der Waals surface area contributed by atoms with Crippen LogP contribution in [0.3, 0.4) is 0 Å². The lowest BCUT2D eigenvalue weighted by atomic mass is 10.1. The van der Waals surface area contributed by atoms with Gasteiger partial charge in [-0.15, -0.1) is 0 Å². The third-order valence-corrected chi connectivity index (χ3v) is 2.93. The minimum atomic E-state index is -0.871. The zero-order chi connectivity index (χ0) is 13.7. The highest BCUT2D eigenvalue weighted by atomic mass is 16.4. The van der Waals surface area contributed by atoms with Crippen LogP contribution in [0.4, 0.5) is 0 Å². The first-order valence-electron chi connectivity index (χ1n) is 6.41. The van der Waals surface area contributed by atoms with Gasteiger partial charge in [0, 0.05) is 24.2 Å². The van der Waals surface area contributed by atoms with Gasteiger partial charge in [-0.1, -0.05) is 26.8 Å². The third kappa shape index (κ3) is 3.45. The Morgan fingerprint density at radius 2 is 2.06 bits per heavy atom. The molecule has 0 spiro atoms. The van der Waals surface area contributed by atoms with Crippen molar-refractivity contribution in [2.75, 3.05) is 0 Å². The van der Waals surface area contributed by atoms with Crippen LogP contribution in [-0.2, 0) is 17.8 Å². The summed E-state index contributed by atoms with van der Waals surface area (Å²) in [6.45, 7) is 6.82. The number of carbonyl (C=O) groups is 1. The number of carboxylic acid groups (broad SMARTS) is 1. The summed E-state index contributed by atoms with van der Waals surface area (Å²) in [5.41, 5.74) is 1.57. The maximum Gasteiger partial charge on any atom is 0.303 e. The van der Waals surface area contributed by atoms with E-state index in [1.807, 2.05) is 13.0 Å². The highest BCUT2D eigenvalue weighted by Gasteiger charge is 2.11. The molecule has 0 unspecified atom stereocenters. The van der Waals surface area contributed by atoms with Crippen LogP contribution in [0.15, 0.2) is 16.9 Å². The zero-order valence-electron chi connectivity index (χ0n) is 11.3. The molecule has 1 N–H and O–H groups in total. The third-order valence-electron chi connectivity index (χ3n) is 2.93. The average molecular weight is 251 g/mol. The van der Waals surface area contributed by atoms with Gasteiger partial charge in [0.1, 0.15) is 0 Å². The van der Waals surface area contributed by atoms with Crippen molar-refractivity contribution in [2.24, 2.45) is 0 Å². The van der Waals surface area contributed by atoms with E-state index in [4.69, 9.17) is 5.11 Å². The molecule has 0 saturated carbocycles. The number of hydrogen-bond acceptors (Lipinski definition) is 2. The first kappa shape index (κ1) is 14.5. The first-order valence-corrected chi connectivity index (χ1v) is 6.41. The molecule has 0 aliphatic rings. The normalized spacial score (nSPS) is 10.9. The average Bonchev–Trinajstić information content (AvgIpc) is 2.29. The van der Waals surface area contributed by atoms with E-state index in [-0.39, 0.29) is 17.9 Å². The van der Waals surface area contributed by atoms with Crippen molar-refractivity contribution in [1.82, 2.24) is 4.57 Å². The van der Waals surface area contributed by atoms with Crippen molar-refractivity contribution in [2.45, 2.75) is 52.5 Å². The van der Waals surface area contributed by atoms with E-state index in [1.54, 1.807) is 10.6 Å². The summed E-state index contributed by atoms with van der Waals surface area (Å²) in [4.78, 5) is 22.8. The Morgan fingerprint density at radius 1 is 1.39 bits per heavy atom. The van der Waals surface area contributed by atoms with E-state index >= 15 is 0 Å². The van der Waals surface area contributed by atoms with Crippen molar-refractivity contribution in [3.05, 3.63) is 33.7 Å². The summed E-state index contributed by atoms with van der Waals surface area (Å²) < 4.78 is 1.78. The molecule has 1 aromatic rings. The Hall–Kier alpha value is -1.58. The SMILES string of the molecule is CCCn1c(C(C)C)ccc(CCC(=O)O)c1=O. The fraction of sp³-hybridized carbons (Fsp3) is 0.571. The predicted octanol–water partition coefficient (Wildman–Crippen LogP) is 2.40. The second-order valence-corrected chi connectivity index (χ2v) is 4.79. The lowest BCUT2D eigenvalue weighted by Gasteiger charge is -2.16. The number of aryl methyl sites for hydroxylation is 1. The molecule has 18 heavy (non-hydrogen) atoms. The van der Waals surface area contributed by atoms with Crippen molar-refractivity contribution in [1.29, 1.82) is 0 Å². The fourth-order valence-electron chi connectivity index (χ4n) is 2.03. The maximum absolute atomic E-state index is 12.3. The number of rotatable bonds is 6. The molecule has 0 radical (unpaired) electrons. The Balaban J connectivity index is 3.13. The summed E-state index contributed by atoms with van der Waals surface area (Å²) in [7, 11) is 0. The van der Waals surface area contributed by atoms with Gasteiger partial charge in [0.15, 0.2) is 0 Å². The lowest BCUT2D eigenvalue weighted by Crippen LogP contribution is -2.27. The van der Waals surface area contributed by atoms with E-state index in [9.17, 15) is 9.59 Å². The van der Waals surface area contributed by atoms with Crippen LogP contribution < -0.4 is 5.56 Å². The van der Waals surface area contributed by atoms with Gasteiger partial charge in [0.2, 0.25) is 0 Å². The smallest absolute Gasteiger partial charge is 0.303 e. The summed E-state index contributed by atoms with van der Waals surface area (Å²) in [5.74, 6) is -0.581. The number of hydrogen-bond donors (Lipinski definition) is 1. The molecule has 4 heteroatoms. The van der Waals surface area contributed by atoms with Gasteiger partial charge >= 0.3 is 5.97 Å². The maximum atomic E-state index is 12.3. The summed E-state index contributed by atoms with van der Waals surface area (Å²) in [5, 5.41) is 8.67. The number of carboxylic acids is 1. The Labute approximate surface area is 107 Å². The van der Waals surface area contributed by atoms with E-state index in [0.717, 1.165) is 12.1 Å². The Kier molecular flexibility index (Phi) is 5.13. The summed E-state index contributed by atoms with van der Waals surface area (Å²) in [6.07, 6.45) is 1.20. The topological polar surface area (TPSA) is 59.3 Å².